The quantitative estimate of drug-likeness (QED) is 0.526. The molecule has 108 valence electrons. The predicted octanol–water partition coefficient (Wildman–Crippen LogP) is 3.75. The van der Waals surface area contributed by atoms with Crippen LogP contribution in [0.2, 0.25) is 5.15 Å². The first kappa shape index (κ1) is 15.3. The molecule has 2 aromatic rings. The Hall–Kier alpha value is -2.12. The molecule has 1 aromatic heterocycles. The van der Waals surface area contributed by atoms with E-state index in [0.717, 1.165) is 11.8 Å². The van der Waals surface area contributed by atoms with Crippen LogP contribution in [0.25, 0.3) is 0 Å². The summed E-state index contributed by atoms with van der Waals surface area (Å²) < 4.78 is 0. The number of anilines is 1. The highest BCUT2D eigenvalue weighted by molar-refractivity contribution is 7.99. The molecular formula is C13H10ClN3O3S. The summed E-state index contributed by atoms with van der Waals surface area (Å²) in [6.45, 7) is 1.39. The average molecular weight is 324 g/mol. The number of hydrogen-bond acceptors (Lipinski definition) is 5. The molecule has 0 aliphatic heterocycles. The lowest BCUT2D eigenvalue weighted by Gasteiger charge is -2.09. The number of carbonyl (C=O) groups is 1. The third-order valence-electron chi connectivity index (χ3n) is 2.41. The van der Waals surface area contributed by atoms with Gasteiger partial charge in [0.15, 0.2) is 5.03 Å². The zero-order chi connectivity index (χ0) is 15.4. The third-order valence-corrected chi connectivity index (χ3v) is 3.69. The zero-order valence-electron chi connectivity index (χ0n) is 10.9. The fourth-order valence-electron chi connectivity index (χ4n) is 1.58. The maximum Gasteiger partial charge on any atom is 0.301 e. The molecule has 0 bridgehead atoms. The van der Waals surface area contributed by atoms with Gasteiger partial charge in [0, 0.05) is 17.9 Å². The summed E-state index contributed by atoms with van der Waals surface area (Å²) in [7, 11) is 0. The number of rotatable bonds is 4. The first-order valence-corrected chi connectivity index (χ1v) is 7.02. The molecule has 1 aromatic carbocycles. The molecule has 0 saturated heterocycles. The minimum absolute atomic E-state index is 0.137. The van der Waals surface area contributed by atoms with Crippen LogP contribution < -0.4 is 5.32 Å². The van der Waals surface area contributed by atoms with Gasteiger partial charge in [-0.1, -0.05) is 35.5 Å². The molecule has 0 unspecified atom stereocenters. The largest absolute Gasteiger partial charge is 0.325 e. The van der Waals surface area contributed by atoms with Gasteiger partial charge in [-0.3, -0.25) is 14.9 Å². The van der Waals surface area contributed by atoms with Crippen LogP contribution >= 0.6 is 23.4 Å². The van der Waals surface area contributed by atoms with Gasteiger partial charge in [-0.25, -0.2) is 4.98 Å². The van der Waals surface area contributed by atoms with Crippen LogP contribution in [0, 0.1) is 10.1 Å². The van der Waals surface area contributed by atoms with Crippen LogP contribution in [0.1, 0.15) is 6.92 Å². The second kappa shape index (κ2) is 6.55. The number of halogens is 1. The highest BCUT2D eigenvalue weighted by atomic mass is 35.5. The minimum Gasteiger partial charge on any atom is -0.325 e. The highest BCUT2D eigenvalue weighted by Crippen LogP contribution is 2.37. The molecule has 0 aliphatic carbocycles. The second-order valence-electron chi connectivity index (χ2n) is 3.99. The van der Waals surface area contributed by atoms with E-state index in [-0.39, 0.29) is 21.8 Å². The summed E-state index contributed by atoms with van der Waals surface area (Å²) in [6, 6.07) is 9.64. The number of nitrogens with zero attached hydrogens (tertiary/aromatic N) is 2. The maximum absolute atomic E-state index is 11.2. The Morgan fingerprint density at radius 3 is 2.71 bits per heavy atom. The summed E-state index contributed by atoms with van der Waals surface area (Å²) in [4.78, 5) is 26.3. The van der Waals surface area contributed by atoms with Crippen LogP contribution in [-0.4, -0.2) is 15.8 Å². The summed E-state index contributed by atoms with van der Waals surface area (Å²) >= 11 is 6.87. The van der Waals surface area contributed by atoms with Crippen molar-refractivity contribution in [2.75, 3.05) is 5.32 Å². The van der Waals surface area contributed by atoms with Crippen LogP contribution in [-0.2, 0) is 4.79 Å². The molecule has 1 N–H and O–H groups in total. The lowest BCUT2D eigenvalue weighted by molar-refractivity contribution is -0.388. The number of nitro groups is 1. The lowest BCUT2D eigenvalue weighted by Crippen LogP contribution is -2.06. The topological polar surface area (TPSA) is 85.1 Å². The Bertz CT molecular complexity index is 709. The Morgan fingerprint density at radius 1 is 1.33 bits per heavy atom. The van der Waals surface area contributed by atoms with Gasteiger partial charge in [0.2, 0.25) is 5.91 Å². The number of aromatic nitrogens is 1. The van der Waals surface area contributed by atoms with E-state index in [9.17, 15) is 14.9 Å². The first-order valence-electron chi connectivity index (χ1n) is 5.83. The van der Waals surface area contributed by atoms with Crippen LogP contribution in [0.3, 0.4) is 0 Å². The number of amides is 1. The molecule has 0 fully saturated rings. The summed E-state index contributed by atoms with van der Waals surface area (Å²) in [5.74, 6) is -0.225. The summed E-state index contributed by atoms with van der Waals surface area (Å²) in [5.41, 5.74) is 0.424. The molecule has 0 aliphatic rings. The van der Waals surface area contributed by atoms with E-state index in [0.29, 0.717) is 10.6 Å². The maximum atomic E-state index is 11.2. The smallest absolute Gasteiger partial charge is 0.301 e. The van der Waals surface area contributed by atoms with Gasteiger partial charge in [-0.05, 0) is 18.2 Å². The van der Waals surface area contributed by atoms with Crippen molar-refractivity contribution >= 4 is 40.6 Å². The number of nitrogens with one attached hydrogen (secondary N) is 1. The van der Waals surface area contributed by atoms with E-state index in [4.69, 9.17) is 11.6 Å². The molecule has 21 heavy (non-hydrogen) atoms. The fourth-order valence-corrected chi connectivity index (χ4v) is 2.75. The van der Waals surface area contributed by atoms with E-state index < -0.39 is 4.92 Å². The van der Waals surface area contributed by atoms with E-state index in [1.807, 2.05) is 0 Å². The fraction of sp³-hybridized carbons (Fsp3) is 0.0769. The monoisotopic (exact) mass is 323 g/mol. The van der Waals surface area contributed by atoms with Crippen LogP contribution in [0.15, 0.2) is 46.3 Å². The second-order valence-corrected chi connectivity index (χ2v) is 5.41. The van der Waals surface area contributed by atoms with Crippen molar-refractivity contribution in [3.05, 3.63) is 51.7 Å². The summed E-state index contributed by atoms with van der Waals surface area (Å²) in [6.07, 6.45) is 0. The molecule has 1 amide bonds. The molecule has 2 rings (SSSR count). The van der Waals surface area contributed by atoms with Gasteiger partial charge in [0.25, 0.3) is 0 Å². The highest BCUT2D eigenvalue weighted by Gasteiger charge is 2.18. The SMILES string of the molecule is CC(=O)Nc1ccccc1Sc1nc(Cl)ccc1[N+](=O)[O-]. The third kappa shape index (κ3) is 3.93. The van der Waals surface area contributed by atoms with Crippen molar-refractivity contribution in [1.29, 1.82) is 0 Å². The standard InChI is InChI=1S/C13H10ClN3O3S/c1-8(18)15-9-4-2-3-5-11(9)21-13-10(17(19)20)6-7-12(14)16-13/h2-7H,1H3,(H,15,18). The molecule has 0 saturated carbocycles. The van der Waals surface area contributed by atoms with E-state index in [1.165, 1.54) is 19.1 Å². The lowest BCUT2D eigenvalue weighted by atomic mass is 10.3. The van der Waals surface area contributed by atoms with Crippen molar-refractivity contribution in [2.45, 2.75) is 16.8 Å². The first-order chi connectivity index (χ1) is 9.97. The van der Waals surface area contributed by atoms with Crippen LogP contribution in [0.5, 0.6) is 0 Å². The number of para-hydroxylation sites is 1. The Kier molecular flexibility index (Phi) is 4.77. The van der Waals surface area contributed by atoms with Crippen molar-refractivity contribution in [1.82, 2.24) is 4.98 Å². The van der Waals surface area contributed by atoms with Gasteiger partial charge >= 0.3 is 5.69 Å². The Balaban J connectivity index is 2.40. The van der Waals surface area contributed by atoms with Gasteiger partial charge in [0.05, 0.1) is 10.6 Å². The van der Waals surface area contributed by atoms with Crippen molar-refractivity contribution < 1.29 is 9.72 Å². The molecule has 0 radical (unpaired) electrons. The van der Waals surface area contributed by atoms with E-state index in [1.54, 1.807) is 24.3 Å². The molecule has 8 heteroatoms. The number of benzene rings is 1. The van der Waals surface area contributed by atoms with Gasteiger partial charge in [-0.2, -0.15) is 0 Å². The van der Waals surface area contributed by atoms with Gasteiger partial charge in [0.1, 0.15) is 5.15 Å². The Morgan fingerprint density at radius 2 is 2.05 bits per heavy atom. The van der Waals surface area contributed by atoms with Gasteiger partial charge < -0.3 is 5.32 Å². The number of hydrogen-bond donors (Lipinski definition) is 1. The van der Waals surface area contributed by atoms with E-state index in [2.05, 4.69) is 10.3 Å². The van der Waals surface area contributed by atoms with Crippen molar-refractivity contribution in [3.8, 4) is 0 Å². The predicted molar refractivity (Wildman–Crippen MR) is 80.8 cm³/mol. The normalized spacial score (nSPS) is 10.2. The molecular weight excluding hydrogens is 314 g/mol. The van der Waals surface area contributed by atoms with Gasteiger partial charge in [-0.15, -0.1) is 0 Å². The zero-order valence-corrected chi connectivity index (χ0v) is 12.4. The minimum atomic E-state index is -0.521. The number of carbonyl (C=O) groups excluding carboxylic acids is 1. The van der Waals surface area contributed by atoms with Crippen LogP contribution in [0.4, 0.5) is 11.4 Å². The van der Waals surface area contributed by atoms with E-state index >= 15 is 0 Å². The molecule has 0 atom stereocenters. The van der Waals surface area contributed by atoms with Crippen molar-refractivity contribution in [2.24, 2.45) is 0 Å². The average Bonchev–Trinajstić information content (AvgIpc) is 2.40. The Labute approximate surface area is 129 Å². The molecule has 0 spiro atoms. The molecule has 1 heterocycles. The number of pyridine rings is 1. The molecule has 6 nitrogen and oxygen atoms in total. The van der Waals surface area contributed by atoms with Crippen molar-refractivity contribution in [3.63, 3.8) is 0 Å². The summed E-state index contributed by atoms with van der Waals surface area (Å²) in [5, 5.41) is 14.0.